The van der Waals surface area contributed by atoms with Gasteiger partial charge in [0.15, 0.2) is 0 Å². The lowest BCUT2D eigenvalue weighted by Crippen LogP contribution is -2.53. The van der Waals surface area contributed by atoms with Gasteiger partial charge in [0.1, 0.15) is 0 Å². The van der Waals surface area contributed by atoms with Gasteiger partial charge in [-0.05, 0) is 49.7 Å². The predicted molar refractivity (Wildman–Crippen MR) is 109 cm³/mol. The van der Waals surface area contributed by atoms with Crippen LogP contribution in [0, 0.1) is 0 Å². The number of halogens is 3. The number of hydrogen-bond acceptors (Lipinski definition) is 3. The molecule has 2 heterocycles. The second-order valence-corrected chi connectivity index (χ2v) is 8.40. The standard InChI is InChI=1S/C23H26F3N3O/c1-27-17-28(15-18-7-9-20(10-8-18)23(24,25)26)16-22(27)11-13-29(14-12-22)21(30)19-5-3-2-4-6-19/h2-10H,11-17H2,1H3. The molecule has 0 saturated carbocycles. The van der Waals surface area contributed by atoms with E-state index in [9.17, 15) is 18.0 Å². The lowest BCUT2D eigenvalue weighted by molar-refractivity contribution is -0.137. The van der Waals surface area contributed by atoms with Gasteiger partial charge in [-0.25, -0.2) is 0 Å². The van der Waals surface area contributed by atoms with Gasteiger partial charge in [-0.1, -0.05) is 30.3 Å². The number of carbonyl (C=O) groups is 1. The van der Waals surface area contributed by atoms with Crippen molar-refractivity contribution in [3.63, 3.8) is 0 Å². The second-order valence-electron chi connectivity index (χ2n) is 8.40. The fourth-order valence-corrected chi connectivity index (χ4v) is 4.63. The summed E-state index contributed by atoms with van der Waals surface area (Å²) in [4.78, 5) is 19.2. The number of rotatable bonds is 3. The molecule has 0 bridgehead atoms. The van der Waals surface area contributed by atoms with Crippen LogP contribution in [0.25, 0.3) is 0 Å². The Hall–Kier alpha value is -2.38. The van der Waals surface area contributed by atoms with Crippen LogP contribution < -0.4 is 0 Å². The molecule has 0 aromatic heterocycles. The van der Waals surface area contributed by atoms with E-state index >= 15 is 0 Å². The Kier molecular flexibility index (Phi) is 5.59. The van der Waals surface area contributed by atoms with Crippen molar-refractivity contribution in [2.45, 2.75) is 31.1 Å². The van der Waals surface area contributed by atoms with Gasteiger partial charge in [0, 0.05) is 37.3 Å². The van der Waals surface area contributed by atoms with Crippen LogP contribution in [0.15, 0.2) is 54.6 Å². The van der Waals surface area contributed by atoms with E-state index in [1.807, 2.05) is 35.2 Å². The van der Waals surface area contributed by atoms with Crippen LogP contribution in [0.3, 0.4) is 0 Å². The normalized spacial score (nSPS) is 20.1. The second kappa shape index (κ2) is 8.04. The van der Waals surface area contributed by atoms with E-state index in [1.54, 1.807) is 12.1 Å². The summed E-state index contributed by atoms with van der Waals surface area (Å²) in [6, 6.07) is 14.8. The van der Waals surface area contributed by atoms with Gasteiger partial charge in [0.2, 0.25) is 0 Å². The summed E-state index contributed by atoms with van der Waals surface area (Å²) >= 11 is 0. The molecule has 2 fully saturated rings. The van der Waals surface area contributed by atoms with E-state index in [0.717, 1.165) is 49.3 Å². The first-order valence-electron chi connectivity index (χ1n) is 10.2. The van der Waals surface area contributed by atoms with Crippen LogP contribution in [0.4, 0.5) is 13.2 Å². The highest BCUT2D eigenvalue weighted by atomic mass is 19.4. The van der Waals surface area contributed by atoms with Crippen LogP contribution in [0.2, 0.25) is 0 Å². The molecule has 2 aromatic rings. The van der Waals surface area contributed by atoms with E-state index in [0.29, 0.717) is 19.6 Å². The Balaban J connectivity index is 1.36. The molecule has 160 valence electrons. The zero-order valence-electron chi connectivity index (χ0n) is 17.0. The Bertz CT molecular complexity index is 875. The van der Waals surface area contributed by atoms with Gasteiger partial charge in [0.05, 0.1) is 12.2 Å². The van der Waals surface area contributed by atoms with Crippen molar-refractivity contribution in [3.8, 4) is 0 Å². The zero-order valence-corrected chi connectivity index (χ0v) is 17.0. The molecule has 1 spiro atoms. The van der Waals surface area contributed by atoms with Crippen molar-refractivity contribution in [2.24, 2.45) is 0 Å². The van der Waals surface area contributed by atoms with Crippen molar-refractivity contribution in [1.82, 2.24) is 14.7 Å². The molecule has 2 aliphatic heterocycles. The third-order valence-electron chi connectivity index (χ3n) is 6.43. The van der Waals surface area contributed by atoms with E-state index in [4.69, 9.17) is 0 Å². The molecule has 7 heteroatoms. The Morgan fingerprint density at radius 3 is 2.23 bits per heavy atom. The highest BCUT2D eigenvalue weighted by Crippen LogP contribution is 2.35. The minimum Gasteiger partial charge on any atom is -0.339 e. The summed E-state index contributed by atoms with van der Waals surface area (Å²) in [6.45, 7) is 3.68. The van der Waals surface area contributed by atoms with Crippen LogP contribution in [0.1, 0.15) is 34.3 Å². The Morgan fingerprint density at radius 2 is 1.63 bits per heavy atom. The number of carbonyl (C=O) groups excluding carboxylic acids is 1. The summed E-state index contributed by atoms with van der Waals surface area (Å²) in [5.41, 5.74) is 0.998. The van der Waals surface area contributed by atoms with Crippen molar-refractivity contribution in [2.75, 3.05) is 33.4 Å². The average molecular weight is 417 g/mol. The minimum absolute atomic E-state index is 0.0133. The Labute approximate surface area is 174 Å². The maximum Gasteiger partial charge on any atom is 0.416 e. The van der Waals surface area contributed by atoms with E-state index < -0.39 is 11.7 Å². The molecule has 1 amide bonds. The maximum atomic E-state index is 12.8. The lowest BCUT2D eigenvalue weighted by atomic mass is 9.86. The summed E-state index contributed by atoms with van der Waals surface area (Å²) < 4.78 is 38.3. The van der Waals surface area contributed by atoms with Crippen LogP contribution in [0.5, 0.6) is 0 Å². The molecule has 4 rings (SSSR count). The first-order valence-corrected chi connectivity index (χ1v) is 10.2. The van der Waals surface area contributed by atoms with E-state index in [2.05, 4.69) is 16.8 Å². The molecule has 4 nitrogen and oxygen atoms in total. The smallest absolute Gasteiger partial charge is 0.339 e. The number of hydrogen-bond donors (Lipinski definition) is 0. The SMILES string of the molecule is CN1CN(Cc2ccc(C(F)(F)F)cc2)CC12CCN(C(=O)c1ccccc1)CC2. The average Bonchev–Trinajstić information content (AvgIpc) is 3.02. The summed E-state index contributed by atoms with van der Waals surface area (Å²) in [5, 5.41) is 0. The number of nitrogens with zero attached hydrogens (tertiary/aromatic N) is 3. The number of amides is 1. The van der Waals surface area contributed by atoms with Crippen molar-refractivity contribution in [1.29, 1.82) is 0 Å². The molecule has 0 unspecified atom stereocenters. The zero-order chi connectivity index (χ0) is 21.4. The van der Waals surface area contributed by atoms with Gasteiger partial charge in [-0.3, -0.25) is 14.6 Å². The molecule has 0 aliphatic carbocycles. The lowest BCUT2D eigenvalue weighted by Gasteiger charge is -2.43. The first kappa shape index (κ1) is 20.9. The van der Waals surface area contributed by atoms with Crippen LogP contribution in [-0.4, -0.2) is 59.5 Å². The monoisotopic (exact) mass is 417 g/mol. The number of benzene rings is 2. The molecule has 2 saturated heterocycles. The highest BCUT2D eigenvalue weighted by molar-refractivity contribution is 5.94. The van der Waals surface area contributed by atoms with Crippen LogP contribution in [-0.2, 0) is 12.7 Å². The molecular weight excluding hydrogens is 391 g/mol. The Morgan fingerprint density at radius 1 is 1.00 bits per heavy atom. The van der Waals surface area contributed by atoms with E-state index in [1.165, 1.54) is 0 Å². The van der Waals surface area contributed by atoms with Gasteiger partial charge in [-0.15, -0.1) is 0 Å². The largest absolute Gasteiger partial charge is 0.416 e. The van der Waals surface area contributed by atoms with Crippen molar-refractivity contribution >= 4 is 5.91 Å². The first-order chi connectivity index (χ1) is 14.3. The highest BCUT2D eigenvalue weighted by Gasteiger charge is 2.45. The number of likely N-dealkylation sites (N-methyl/N-ethyl adjacent to an activating group) is 1. The minimum atomic E-state index is -4.30. The number of alkyl halides is 3. The van der Waals surface area contributed by atoms with Crippen LogP contribution >= 0.6 is 0 Å². The van der Waals surface area contributed by atoms with Crippen molar-refractivity contribution in [3.05, 3.63) is 71.3 Å². The van der Waals surface area contributed by atoms with E-state index in [-0.39, 0.29) is 11.4 Å². The fraction of sp³-hybridized carbons (Fsp3) is 0.435. The molecule has 0 radical (unpaired) electrons. The van der Waals surface area contributed by atoms with Gasteiger partial charge in [-0.2, -0.15) is 13.2 Å². The summed E-state index contributed by atoms with van der Waals surface area (Å²) in [6.07, 6.45) is -2.52. The molecule has 2 aliphatic rings. The summed E-state index contributed by atoms with van der Waals surface area (Å²) in [7, 11) is 2.10. The number of likely N-dealkylation sites (tertiary alicyclic amines) is 1. The molecule has 0 N–H and O–H groups in total. The quantitative estimate of drug-likeness (QED) is 0.753. The van der Waals surface area contributed by atoms with Gasteiger partial charge in [0.25, 0.3) is 5.91 Å². The third kappa shape index (κ3) is 4.23. The van der Waals surface area contributed by atoms with Gasteiger partial charge < -0.3 is 4.90 Å². The molecule has 30 heavy (non-hydrogen) atoms. The predicted octanol–water partition coefficient (Wildman–Crippen LogP) is 4.09. The molecule has 0 atom stereocenters. The topological polar surface area (TPSA) is 26.8 Å². The number of piperidine rings is 1. The fourth-order valence-electron chi connectivity index (χ4n) is 4.63. The molecule has 2 aromatic carbocycles. The summed E-state index contributed by atoms with van der Waals surface area (Å²) in [5.74, 6) is 0.0766. The maximum absolute atomic E-state index is 12.8. The molecular formula is C23H26F3N3O. The van der Waals surface area contributed by atoms with Crippen molar-refractivity contribution < 1.29 is 18.0 Å². The van der Waals surface area contributed by atoms with Gasteiger partial charge >= 0.3 is 6.18 Å². The third-order valence-corrected chi connectivity index (χ3v) is 6.43.